The normalized spacial score (nSPS) is 10.4. The zero-order valence-electron chi connectivity index (χ0n) is 13.3. The summed E-state index contributed by atoms with van der Waals surface area (Å²) in [6.45, 7) is 0.0759. The minimum Gasteiger partial charge on any atom is -0.348 e. The quantitative estimate of drug-likeness (QED) is 0.668. The lowest BCUT2D eigenvalue weighted by atomic mass is 10.2. The Balaban J connectivity index is 1.63. The number of anilines is 2. The van der Waals surface area contributed by atoms with Gasteiger partial charge in [-0.15, -0.1) is 0 Å². The lowest BCUT2D eigenvalue weighted by Gasteiger charge is -2.08. The molecule has 132 valence electrons. The highest BCUT2D eigenvalue weighted by atomic mass is 35.5. The summed E-state index contributed by atoms with van der Waals surface area (Å²) in [7, 11) is 0. The first-order valence-corrected chi connectivity index (χ1v) is 8.33. The molecule has 0 saturated carbocycles. The van der Waals surface area contributed by atoms with E-state index in [-0.39, 0.29) is 23.9 Å². The maximum absolute atomic E-state index is 13.6. The first-order chi connectivity index (χ1) is 12.5. The lowest BCUT2D eigenvalue weighted by molar-refractivity contribution is 0.0950. The first-order valence-electron chi connectivity index (χ1n) is 7.58. The summed E-state index contributed by atoms with van der Waals surface area (Å²) in [5, 5.41) is 6.52. The van der Waals surface area contributed by atoms with Crippen molar-refractivity contribution < 1.29 is 9.18 Å². The Labute approximate surface area is 159 Å². The summed E-state index contributed by atoms with van der Waals surface area (Å²) in [6, 6.07) is 11.2. The molecular formula is C18H13Cl2FN4O. The summed E-state index contributed by atoms with van der Waals surface area (Å²) in [5.74, 6) is -0.483. The number of rotatable bonds is 5. The van der Waals surface area contributed by atoms with Crippen LogP contribution in [0, 0.1) is 5.82 Å². The van der Waals surface area contributed by atoms with Gasteiger partial charge < -0.3 is 10.6 Å². The molecule has 0 aliphatic heterocycles. The number of hydrogen-bond acceptors (Lipinski definition) is 4. The van der Waals surface area contributed by atoms with Crippen molar-refractivity contribution in [2.24, 2.45) is 0 Å². The minimum absolute atomic E-state index is 0.0759. The molecule has 2 aromatic carbocycles. The molecule has 1 heterocycles. The summed E-state index contributed by atoms with van der Waals surface area (Å²) in [4.78, 5) is 20.3. The Bertz CT molecular complexity index is 914. The van der Waals surface area contributed by atoms with E-state index in [4.69, 9.17) is 23.2 Å². The predicted molar refractivity (Wildman–Crippen MR) is 99.3 cm³/mol. The monoisotopic (exact) mass is 390 g/mol. The molecule has 0 radical (unpaired) electrons. The van der Waals surface area contributed by atoms with Crippen molar-refractivity contribution in [3.05, 3.63) is 81.8 Å². The summed E-state index contributed by atoms with van der Waals surface area (Å²) in [6.07, 6.45) is 2.75. The molecule has 5 nitrogen and oxygen atoms in total. The third-order valence-electron chi connectivity index (χ3n) is 3.43. The van der Waals surface area contributed by atoms with Crippen LogP contribution < -0.4 is 10.6 Å². The summed E-state index contributed by atoms with van der Waals surface area (Å²) >= 11 is 11.9. The maximum atomic E-state index is 13.6. The number of nitrogens with one attached hydrogen (secondary N) is 2. The fraction of sp³-hybridized carbons (Fsp3) is 0.0556. The molecule has 0 bridgehead atoms. The van der Waals surface area contributed by atoms with Gasteiger partial charge in [0.1, 0.15) is 5.82 Å². The van der Waals surface area contributed by atoms with E-state index in [0.717, 1.165) is 0 Å². The summed E-state index contributed by atoms with van der Waals surface area (Å²) < 4.78 is 13.6. The lowest BCUT2D eigenvalue weighted by Crippen LogP contribution is -2.23. The molecule has 3 rings (SSSR count). The van der Waals surface area contributed by atoms with Gasteiger partial charge in [-0.05, 0) is 24.3 Å². The van der Waals surface area contributed by atoms with E-state index in [9.17, 15) is 9.18 Å². The van der Waals surface area contributed by atoms with Crippen LogP contribution in [0.25, 0.3) is 0 Å². The Morgan fingerprint density at radius 2 is 1.69 bits per heavy atom. The molecule has 1 aromatic heterocycles. The van der Waals surface area contributed by atoms with Gasteiger partial charge in [0.15, 0.2) is 0 Å². The molecule has 1 amide bonds. The second-order valence-electron chi connectivity index (χ2n) is 5.35. The van der Waals surface area contributed by atoms with Gasteiger partial charge in [-0.3, -0.25) is 4.79 Å². The predicted octanol–water partition coefficient (Wildman–Crippen LogP) is 4.60. The average Bonchev–Trinajstić information content (AvgIpc) is 2.60. The number of aromatic nitrogens is 2. The molecule has 0 aliphatic carbocycles. The number of hydrogen-bond donors (Lipinski definition) is 2. The molecule has 0 fully saturated rings. The van der Waals surface area contributed by atoms with Crippen molar-refractivity contribution in [1.82, 2.24) is 15.3 Å². The van der Waals surface area contributed by atoms with Crippen molar-refractivity contribution in [2.75, 3.05) is 5.32 Å². The number of amides is 1. The van der Waals surface area contributed by atoms with E-state index in [1.54, 1.807) is 36.4 Å². The highest BCUT2D eigenvalue weighted by molar-refractivity contribution is 6.35. The fourth-order valence-electron chi connectivity index (χ4n) is 2.18. The van der Waals surface area contributed by atoms with Gasteiger partial charge in [-0.25, -0.2) is 14.4 Å². The third-order valence-corrected chi connectivity index (χ3v) is 3.87. The number of carbonyl (C=O) groups excluding carboxylic acids is 1. The van der Waals surface area contributed by atoms with Crippen molar-refractivity contribution in [3.8, 4) is 0 Å². The van der Waals surface area contributed by atoms with Crippen molar-refractivity contribution in [2.45, 2.75) is 6.54 Å². The van der Waals surface area contributed by atoms with Crippen LogP contribution in [-0.2, 0) is 6.54 Å². The van der Waals surface area contributed by atoms with E-state index >= 15 is 0 Å². The van der Waals surface area contributed by atoms with Gasteiger partial charge in [0, 0.05) is 40.2 Å². The average molecular weight is 391 g/mol. The molecule has 0 aliphatic rings. The van der Waals surface area contributed by atoms with Gasteiger partial charge in [-0.2, -0.15) is 0 Å². The molecule has 0 spiro atoms. The highest BCUT2D eigenvalue weighted by Gasteiger charge is 2.09. The van der Waals surface area contributed by atoms with Crippen LogP contribution in [0.4, 0.5) is 16.0 Å². The standard InChI is InChI=1S/C18H13Cl2FN4O/c19-13-5-14(20)7-15(6-13)25-18-23-9-12(10-24-18)17(26)22-8-11-3-1-2-4-16(11)21/h1-7,9-10H,8H2,(H,22,26)(H,23,24,25). The van der Waals surface area contributed by atoms with Crippen LogP contribution >= 0.6 is 23.2 Å². The first kappa shape index (κ1) is 18.1. The van der Waals surface area contributed by atoms with E-state index in [2.05, 4.69) is 20.6 Å². The van der Waals surface area contributed by atoms with Gasteiger partial charge in [-0.1, -0.05) is 41.4 Å². The van der Waals surface area contributed by atoms with E-state index in [1.165, 1.54) is 18.5 Å². The highest BCUT2D eigenvalue weighted by Crippen LogP contribution is 2.24. The Morgan fingerprint density at radius 3 is 2.35 bits per heavy atom. The maximum Gasteiger partial charge on any atom is 0.254 e. The fourth-order valence-corrected chi connectivity index (χ4v) is 2.71. The SMILES string of the molecule is O=C(NCc1ccccc1F)c1cnc(Nc2cc(Cl)cc(Cl)c2)nc1. The summed E-state index contributed by atoms with van der Waals surface area (Å²) in [5.41, 5.74) is 1.29. The molecule has 0 unspecified atom stereocenters. The zero-order chi connectivity index (χ0) is 18.5. The van der Waals surface area contributed by atoms with Gasteiger partial charge in [0.2, 0.25) is 5.95 Å². The zero-order valence-corrected chi connectivity index (χ0v) is 14.9. The second-order valence-corrected chi connectivity index (χ2v) is 6.23. The molecule has 2 N–H and O–H groups in total. The van der Waals surface area contributed by atoms with Crippen molar-refractivity contribution in [3.63, 3.8) is 0 Å². The van der Waals surface area contributed by atoms with Crippen molar-refractivity contribution >= 4 is 40.7 Å². The number of carbonyl (C=O) groups is 1. The van der Waals surface area contributed by atoms with Crippen LogP contribution in [0.3, 0.4) is 0 Å². The Morgan fingerprint density at radius 1 is 1.04 bits per heavy atom. The van der Waals surface area contributed by atoms with Gasteiger partial charge in [0.05, 0.1) is 5.56 Å². The molecule has 0 atom stereocenters. The molecule has 26 heavy (non-hydrogen) atoms. The largest absolute Gasteiger partial charge is 0.348 e. The number of nitrogens with zero attached hydrogens (tertiary/aromatic N) is 2. The van der Waals surface area contributed by atoms with Crippen molar-refractivity contribution in [1.29, 1.82) is 0 Å². The van der Waals surface area contributed by atoms with E-state index < -0.39 is 5.91 Å². The molecule has 3 aromatic rings. The van der Waals surface area contributed by atoms with E-state index in [1.807, 2.05) is 0 Å². The smallest absolute Gasteiger partial charge is 0.254 e. The minimum atomic E-state index is -0.398. The Kier molecular flexibility index (Phi) is 5.65. The van der Waals surface area contributed by atoms with Crippen LogP contribution in [0.1, 0.15) is 15.9 Å². The topological polar surface area (TPSA) is 66.9 Å². The molecular weight excluding hydrogens is 378 g/mol. The van der Waals surface area contributed by atoms with Crippen LogP contribution in [-0.4, -0.2) is 15.9 Å². The van der Waals surface area contributed by atoms with Crippen LogP contribution in [0.15, 0.2) is 54.9 Å². The van der Waals surface area contributed by atoms with E-state index in [0.29, 0.717) is 21.3 Å². The molecule has 0 saturated heterocycles. The van der Waals surface area contributed by atoms with Crippen LogP contribution in [0.2, 0.25) is 10.0 Å². The number of halogens is 3. The third kappa shape index (κ3) is 4.68. The Hall–Kier alpha value is -2.70. The second kappa shape index (κ2) is 8.12. The van der Waals surface area contributed by atoms with Gasteiger partial charge >= 0.3 is 0 Å². The van der Waals surface area contributed by atoms with Crippen LogP contribution in [0.5, 0.6) is 0 Å². The number of benzene rings is 2. The van der Waals surface area contributed by atoms with Gasteiger partial charge in [0.25, 0.3) is 5.91 Å². The molecule has 8 heteroatoms.